The van der Waals surface area contributed by atoms with E-state index in [0.717, 1.165) is 29.7 Å². The average molecular weight is 343 g/mol. The lowest BCUT2D eigenvalue weighted by Crippen LogP contribution is -2.48. The molecule has 0 bridgehead atoms. The fraction of sp³-hybridized carbons (Fsp3) is 0.474. The number of amides is 1. The minimum atomic E-state index is -1.10. The summed E-state index contributed by atoms with van der Waals surface area (Å²) in [6.07, 6.45) is 5.56. The third-order valence-corrected chi connectivity index (χ3v) is 5.01. The van der Waals surface area contributed by atoms with Crippen molar-refractivity contribution in [3.05, 3.63) is 47.8 Å². The lowest BCUT2D eigenvalue weighted by molar-refractivity contribution is -0.137. The third kappa shape index (κ3) is 3.54. The van der Waals surface area contributed by atoms with Gasteiger partial charge in [-0.25, -0.2) is 0 Å². The molecule has 0 radical (unpaired) electrons. The van der Waals surface area contributed by atoms with Crippen molar-refractivity contribution in [1.82, 2.24) is 14.7 Å². The van der Waals surface area contributed by atoms with Gasteiger partial charge < -0.3 is 14.7 Å². The standard InChI is InChI=1S/C19H25N3O3/c1-19(24,15-6-8-16(25-3)9-7-15)17-5-4-10-22(17)18(23)11-14-12-20-21(2)13-14/h6-9,12-13,17,24H,4-5,10-11H2,1-3H3/t17-,19-/m1/s1. The minimum Gasteiger partial charge on any atom is -0.497 e. The van der Waals surface area contributed by atoms with Crippen LogP contribution in [0, 0.1) is 0 Å². The number of aromatic nitrogens is 2. The van der Waals surface area contributed by atoms with Gasteiger partial charge >= 0.3 is 0 Å². The summed E-state index contributed by atoms with van der Waals surface area (Å²) in [7, 11) is 3.45. The Bertz CT molecular complexity index is 737. The summed E-state index contributed by atoms with van der Waals surface area (Å²) in [5.74, 6) is 0.778. The van der Waals surface area contributed by atoms with Crippen LogP contribution in [0.3, 0.4) is 0 Å². The molecule has 134 valence electrons. The van der Waals surface area contributed by atoms with Crippen LogP contribution in [0.4, 0.5) is 0 Å². The summed E-state index contributed by atoms with van der Waals surface area (Å²) in [5, 5.41) is 15.3. The molecule has 1 aliphatic heterocycles. The van der Waals surface area contributed by atoms with Gasteiger partial charge in [-0.05, 0) is 43.0 Å². The maximum absolute atomic E-state index is 12.8. The van der Waals surface area contributed by atoms with Crippen molar-refractivity contribution in [2.24, 2.45) is 7.05 Å². The predicted octanol–water partition coefficient (Wildman–Crippen LogP) is 1.87. The first-order valence-corrected chi connectivity index (χ1v) is 8.55. The highest BCUT2D eigenvalue weighted by molar-refractivity contribution is 5.79. The minimum absolute atomic E-state index is 0.0317. The zero-order valence-electron chi connectivity index (χ0n) is 15.0. The number of likely N-dealkylation sites (tertiary alicyclic amines) is 1. The molecule has 1 aromatic heterocycles. The van der Waals surface area contributed by atoms with Crippen molar-refractivity contribution in [2.45, 2.75) is 37.8 Å². The topological polar surface area (TPSA) is 67.6 Å². The lowest BCUT2D eigenvalue weighted by Gasteiger charge is -2.37. The summed E-state index contributed by atoms with van der Waals surface area (Å²) in [5.41, 5.74) is 0.578. The predicted molar refractivity (Wildman–Crippen MR) is 94.2 cm³/mol. The second-order valence-corrected chi connectivity index (χ2v) is 6.82. The molecule has 1 amide bonds. The van der Waals surface area contributed by atoms with E-state index in [4.69, 9.17) is 4.74 Å². The smallest absolute Gasteiger partial charge is 0.227 e. The molecular weight excluding hydrogens is 318 g/mol. The molecule has 25 heavy (non-hydrogen) atoms. The molecule has 1 aromatic carbocycles. The first kappa shape index (κ1) is 17.5. The van der Waals surface area contributed by atoms with E-state index in [0.29, 0.717) is 13.0 Å². The fourth-order valence-electron chi connectivity index (χ4n) is 3.61. The van der Waals surface area contributed by atoms with Crippen molar-refractivity contribution >= 4 is 5.91 Å². The van der Waals surface area contributed by atoms with Gasteiger partial charge in [0.05, 0.1) is 25.8 Å². The van der Waals surface area contributed by atoms with E-state index >= 15 is 0 Å². The van der Waals surface area contributed by atoms with Gasteiger partial charge in [0.15, 0.2) is 0 Å². The van der Waals surface area contributed by atoms with Gasteiger partial charge in [-0.15, -0.1) is 0 Å². The fourth-order valence-corrected chi connectivity index (χ4v) is 3.61. The van der Waals surface area contributed by atoms with Crippen LogP contribution in [0.15, 0.2) is 36.7 Å². The van der Waals surface area contributed by atoms with Crippen LogP contribution in [0.25, 0.3) is 0 Å². The Hall–Kier alpha value is -2.34. The van der Waals surface area contributed by atoms with Crippen molar-refractivity contribution < 1.29 is 14.6 Å². The Morgan fingerprint density at radius 1 is 1.40 bits per heavy atom. The third-order valence-electron chi connectivity index (χ3n) is 5.01. The van der Waals surface area contributed by atoms with Crippen molar-refractivity contribution in [2.75, 3.05) is 13.7 Å². The number of benzene rings is 1. The number of rotatable bonds is 5. The number of aliphatic hydroxyl groups is 1. The van der Waals surface area contributed by atoms with Gasteiger partial charge in [0.1, 0.15) is 11.4 Å². The number of hydrogen-bond donors (Lipinski definition) is 1. The van der Waals surface area contributed by atoms with Gasteiger partial charge in [-0.2, -0.15) is 5.10 Å². The summed E-state index contributed by atoms with van der Waals surface area (Å²) < 4.78 is 6.87. The molecule has 6 nitrogen and oxygen atoms in total. The Labute approximate surface area is 148 Å². The first-order valence-electron chi connectivity index (χ1n) is 8.55. The van der Waals surface area contributed by atoms with E-state index in [-0.39, 0.29) is 11.9 Å². The summed E-state index contributed by atoms with van der Waals surface area (Å²) in [6, 6.07) is 7.16. The SMILES string of the molecule is COc1ccc([C@@](C)(O)[C@H]2CCCN2C(=O)Cc2cnn(C)c2)cc1. The Morgan fingerprint density at radius 3 is 2.72 bits per heavy atom. The molecule has 1 fully saturated rings. The molecule has 1 saturated heterocycles. The highest BCUT2D eigenvalue weighted by Gasteiger charge is 2.42. The molecule has 0 aliphatic carbocycles. The highest BCUT2D eigenvalue weighted by Crippen LogP contribution is 2.35. The molecule has 1 N–H and O–H groups in total. The average Bonchev–Trinajstić information content (AvgIpc) is 3.24. The van der Waals surface area contributed by atoms with Crippen LogP contribution in [-0.4, -0.2) is 45.4 Å². The van der Waals surface area contributed by atoms with Crippen molar-refractivity contribution in [3.63, 3.8) is 0 Å². The summed E-state index contributed by atoms with van der Waals surface area (Å²) in [4.78, 5) is 14.6. The van der Waals surface area contributed by atoms with Gasteiger partial charge in [0.2, 0.25) is 5.91 Å². The number of aryl methyl sites for hydroxylation is 1. The Morgan fingerprint density at radius 2 is 2.12 bits per heavy atom. The highest BCUT2D eigenvalue weighted by atomic mass is 16.5. The van der Waals surface area contributed by atoms with Crippen LogP contribution >= 0.6 is 0 Å². The van der Waals surface area contributed by atoms with Gasteiger partial charge in [0, 0.05) is 19.8 Å². The molecule has 0 spiro atoms. The monoisotopic (exact) mass is 343 g/mol. The van der Waals surface area contributed by atoms with Gasteiger partial charge in [-0.3, -0.25) is 9.48 Å². The second kappa shape index (κ2) is 6.88. The quantitative estimate of drug-likeness (QED) is 0.900. The number of hydrogen-bond acceptors (Lipinski definition) is 4. The lowest BCUT2D eigenvalue weighted by atomic mass is 9.86. The van der Waals surface area contributed by atoms with Crippen LogP contribution in [0.1, 0.15) is 30.9 Å². The molecule has 6 heteroatoms. The summed E-state index contributed by atoms with van der Waals surface area (Å²) in [6.45, 7) is 2.46. The summed E-state index contributed by atoms with van der Waals surface area (Å²) >= 11 is 0. The van der Waals surface area contributed by atoms with E-state index in [9.17, 15) is 9.90 Å². The van der Waals surface area contributed by atoms with Gasteiger partial charge in [-0.1, -0.05) is 12.1 Å². The van der Waals surface area contributed by atoms with Crippen LogP contribution in [0.2, 0.25) is 0 Å². The molecule has 2 atom stereocenters. The first-order chi connectivity index (χ1) is 11.9. The van der Waals surface area contributed by atoms with E-state index in [1.165, 1.54) is 0 Å². The molecule has 3 rings (SSSR count). The zero-order valence-corrected chi connectivity index (χ0v) is 15.0. The maximum Gasteiger partial charge on any atom is 0.227 e. The molecule has 0 saturated carbocycles. The van der Waals surface area contributed by atoms with E-state index in [1.807, 2.05) is 42.4 Å². The normalized spacial score (nSPS) is 19.7. The number of carbonyl (C=O) groups excluding carboxylic acids is 1. The van der Waals surface area contributed by atoms with E-state index < -0.39 is 5.60 Å². The van der Waals surface area contributed by atoms with Crippen molar-refractivity contribution in [3.8, 4) is 5.75 Å². The molecule has 2 aromatic rings. The van der Waals surface area contributed by atoms with Crippen LogP contribution < -0.4 is 4.74 Å². The molecule has 0 unspecified atom stereocenters. The number of carbonyl (C=O) groups is 1. The zero-order chi connectivity index (χ0) is 18.0. The maximum atomic E-state index is 12.8. The second-order valence-electron chi connectivity index (χ2n) is 6.82. The van der Waals surface area contributed by atoms with E-state index in [2.05, 4.69) is 5.10 Å². The van der Waals surface area contributed by atoms with Gasteiger partial charge in [0.25, 0.3) is 0 Å². The molecule has 1 aliphatic rings. The number of methoxy groups -OCH3 is 1. The van der Waals surface area contributed by atoms with E-state index in [1.54, 1.807) is 24.9 Å². The van der Waals surface area contributed by atoms with Crippen LogP contribution in [0.5, 0.6) is 5.75 Å². The van der Waals surface area contributed by atoms with Crippen molar-refractivity contribution in [1.29, 1.82) is 0 Å². The van der Waals surface area contributed by atoms with Crippen LogP contribution in [-0.2, 0) is 23.9 Å². The Balaban J connectivity index is 1.77. The molecular formula is C19H25N3O3. The number of nitrogens with zero attached hydrogens (tertiary/aromatic N) is 3. The number of ether oxygens (including phenoxy) is 1. The Kier molecular flexibility index (Phi) is 4.81. The largest absolute Gasteiger partial charge is 0.497 e. The molecule has 2 heterocycles.